The molecule has 1 aromatic heterocycles. The summed E-state index contributed by atoms with van der Waals surface area (Å²) in [6.07, 6.45) is 13.4. The molecule has 1 aliphatic carbocycles. The Balaban J connectivity index is 0.982. The summed E-state index contributed by atoms with van der Waals surface area (Å²) < 4.78 is 0. The van der Waals surface area contributed by atoms with Gasteiger partial charge in [-0.3, -0.25) is 9.59 Å². The van der Waals surface area contributed by atoms with Gasteiger partial charge in [0.05, 0.1) is 17.3 Å². The number of likely N-dealkylation sites (tertiary alicyclic amines) is 1. The fourth-order valence-corrected chi connectivity index (χ4v) is 7.14. The van der Waals surface area contributed by atoms with Crippen molar-refractivity contribution in [3.63, 3.8) is 0 Å². The van der Waals surface area contributed by atoms with Crippen molar-refractivity contribution in [2.45, 2.75) is 102 Å². The second-order valence-corrected chi connectivity index (χ2v) is 14.7. The van der Waals surface area contributed by atoms with Crippen molar-refractivity contribution in [3.8, 4) is 0 Å². The molecule has 2 aliphatic rings. The summed E-state index contributed by atoms with van der Waals surface area (Å²) in [6, 6.07) is 17.7. The molecular formula is C41H62N12O2. The van der Waals surface area contributed by atoms with Gasteiger partial charge in [-0.1, -0.05) is 61.7 Å². The lowest BCUT2D eigenvalue weighted by atomic mass is 9.95. The average Bonchev–Trinajstić information content (AvgIpc) is 3.22. The Labute approximate surface area is 326 Å². The molecule has 55 heavy (non-hydrogen) atoms. The van der Waals surface area contributed by atoms with Gasteiger partial charge in [0.2, 0.25) is 17.8 Å². The molecule has 14 heteroatoms. The molecule has 1 aliphatic heterocycles. The minimum absolute atomic E-state index is 0.0205. The summed E-state index contributed by atoms with van der Waals surface area (Å²) in [4.78, 5) is 36.9. The smallest absolute Gasteiger partial charge is 0.237 e. The number of benzene rings is 2. The topological polar surface area (TPSA) is 198 Å². The van der Waals surface area contributed by atoms with Crippen LogP contribution in [-0.2, 0) is 16.1 Å². The molecule has 0 spiro atoms. The molecule has 2 amide bonds. The van der Waals surface area contributed by atoms with E-state index in [0.717, 1.165) is 80.2 Å². The first kappa shape index (κ1) is 41.5. The van der Waals surface area contributed by atoms with Crippen LogP contribution in [0.3, 0.4) is 0 Å². The summed E-state index contributed by atoms with van der Waals surface area (Å²) in [7, 11) is 0. The van der Waals surface area contributed by atoms with E-state index in [-0.39, 0.29) is 24.3 Å². The highest BCUT2D eigenvalue weighted by Crippen LogP contribution is 2.25. The van der Waals surface area contributed by atoms with Crippen LogP contribution < -0.4 is 37.6 Å². The van der Waals surface area contributed by atoms with Crippen molar-refractivity contribution in [2.75, 3.05) is 56.4 Å². The van der Waals surface area contributed by atoms with Crippen LogP contribution in [0.2, 0.25) is 0 Å². The van der Waals surface area contributed by atoms with Crippen molar-refractivity contribution in [3.05, 3.63) is 72.1 Å². The van der Waals surface area contributed by atoms with Crippen LogP contribution in [-0.4, -0.2) is 90.6 Å². The Morgan fingerprint density at radius 1 is 0.873 bits per heavy atom. The molecule has 2 heterocycles. The van der Waals surface area contributed by atoms with Crippen LogP contribution in [0, 0.1) is 5.53 Å². The molecule has 1 saturated carbocycles. The van der Waals surface area contributed by atoms with Gasteiger partial charge in [0.25, 0.3) is 0 Å². The van der Waals surface area contributed by atoms with Gasteiger partial charge in [-0.05, 0) is 82.3 Å². The van der Waals surface area contributed by atoms with Crippen molar-refractivity contribution >= 4 is 34.5 Å². The fraction of sp³-hybridized carbons (Fsp3) is 0.561. The number of nitrogens with two attached hydrogens (primary N) is 1. The normalized spacial score (nSPS) is 16.1. The van der Waals surface area contributed by atoms with Gasteiger partial charge in [0, 0.05) is 69.2 Å². The van der Waals surface area contributed by atoms with E-state index in [1.54, 1.807) is 0 Å². The number of nitrogens with zero attached hydrogens (tertiary/aromatic N) is 4. The zero-order chi connectivity index (χ0) is 38.5. The van der Waals surface area contributed by atoms with E-state index >= 15 is 0 Å². The first-order valence-electron chi connectivity index (χ1n) is 20.3. The molecule has 3 aromatic rings. The minimum atomic E-state index is -0.729. The van der Waals surface area contributed by atoms with Gasteiger partial charge in [-0.2, -0.15) is 10.1 Å². The van der Waals surface area contributed by atoms with Gasteiger partial charge in [0.15, 0.2) is 0 Å². The van der Waals surface area contributed by atoms with Crippen molar-refractivity contribution in [1.29, 1.82) is 5.53 Å². The Morgan fingerprint density at radius 2 is 1.62 bits per heavy atom. The van der Waals surface area contributed by atoms with Gasteiger partial charge in [0.1, 0.15) is 5.82 Å². The Morgan fingerprint density at radius 3 is 2.40 bits per heavy atom. The highest BCUT2D eigenvalue weighted by atomic mass is 16.2. The molecule has 298 valence electrons. The largest absolute Gasteiger partial charge is 0.389 e. The number of amides is 2. The molecule has 5 rings (SSSR count). The number of hydrogen-bond acceptors (Lipinski definition) is 12. The predicted octanol–water partition coefficient (Wildman–Crippen LogP) is 5.01. The second-order valence-electron chi connectivity index (χ2n) is 14.7. The zero-order valence-electron chi connectivity index (χ0n) is 32.3. The summed E-state index contributed by atoms with van der Waals surface area (Å²) in [5, 5.41) is 25.0. The number of nitrogens with one attached hydrogen (secondary N) is 7. The number of fused-ring (bicyclic) bond motifs is 1. The molecule has 0 radical (unpaired) electrons. The Hall–Kier alpha value is -4.66. The lowest BCUT2D eigenvalue weighted by molar-refractivity contribution is -0.132. The van der Waals surface area contributed by atoms with Crippen molar-refractivity contribution in [1.82, 2.24) is 36.1 Å². The molecule has 1 atom stereocenters. The summed E-state index contributed by atoms with van der Waals surface area (Å²) in [5.41, 5.74) is 16.2. The van der Waals surface area contributed by atoms with E-state index in [1.807, 2.05) is 65.7 Å². The van der Waals surface area contributed by atoms with E-state index < -0.39 is 6.04 Å². The SMILES string of the molecule is N=N/C(=C\NCCCNCCCNC1CCCCC1)CCNc1nc(NC2CCN(C(=O)CC[C@H](N)C(=O)NCc3ccccc3)CC2)c2ccccc2n1. The third-order valence-electron chi connectivity index (χ3n) is 10.4. The predicted molar refractivity (Wildman–Crippen MR) is 220 cm³/mol. The third-order valence-corrected chi connectivity index (χ3v) is 10.4. The quantitative estimate of drug-likeness (QED) is 0.0481. The monoisotopic (exact) mass is 755 g/mol. The molecule has 1 saturated heterocycles. The van der Waals surface area contributed by atoms with Crippen LogP contribution >= 0.6 is 0 Å². The van der Waals surface area contributed by atoms with Crippen molar-refractivity contribution < 1.29 is 9.59 Å². The fourth-order valence-electron chi connectivity index (χ4n) is 7.14. The van der Waals surface area contributed by atoms with Crippen molar-refractivity contribution in [2.24, 2.45) is 10.8 Å². The summed E-state index contributed by atoms with van der Waals surface area (Å²) in [6.45, 7) is 6.07. The van der Waals surface area contributed by atoms with Gasteiger partial charge >= 0.3 is 0 Å². The first-order valence-corrected chi connectivity index (χ1v) is 20.3. The van der Waals surface area contributed by atoms with E-state index in [1.165, 1.54) is 32.1 Å². The summed E-state index contributed by atoms with van der Waals surface area (Å²) in [5.74, 6) is 1.03. The number of carbonyl (C=O) groups is 2. The second kappa shape index (κ2) is 23.3. The lowest BCUT2D eigenvalue weighted by Crippen LogP contribution is -2.44. The van der Waals surface area contributed by atoms with Gasteiger partial charge in [-0.15, -0.1) is 0 Å². The zero-order valence-corrected chi connectivity index (χ0v) is 32.3. The Kier molecular flexibility index (Phi) is 17.6. The minimum Gasteiger partial charge on any atom is -0.389 e. The number of piperidine rings is 1. The van der Waals surface area contributed by atoms with E-state index in [9.17, 15) is 9.59 Å². The number of carbonyl (C=O) groups excluding carboxylic acids is 2. The molecule has 0 bridgehead atoms. The number of anilines is 2. The number of aromatic nitrogens is 2. The van der Waals surface area contributed by atoms with Crippen LogP contribution in [0.1, 0.15) is 82.6 Å². The highest BCUT2D eigenvalue weighted by molar-refractivity contribution is 5.90. The number of para-hydroxylation sites is 1. The Bertz CT molecular complexity index is 1640. The maximum absolute atomic E-state index is 13.0. The highest BCUT2D eigenvalue weighted by Gasteiger charge is 2.25. The van der Waals surface area contributed by atoms with E-state index in [2.05, 4.69) is 37.0 Å². The van der Waals surface area contributed by atoms with Crippen LogP contribution in [0.5, 0.6) is 0 Å². The summed E-state index contributed by atoms with van der Waals surface area (Å²) >= 11 is 0. The molecule has 9 N–H and O–H groups in total. The standard InChI is InChI=1S/C41H62N12O2/c42-36(40(55)48-29-31-11-3-1-4-12-31)17-18-38(54)53-27-20-33(21-28-53)49-39-35-15-7-8-16-37(35)50-41(51-39)47-26-19-34(52-43)30-45-24-9-22-44-23-10-25-46-32-13-5-2-6-14-32/h1,3-4,7-8,11-12,15-16,30,32-33,36,43-46H,2,5-6,9-10,13-14,17-29,42H2,(H,48,55)(H2,47,49,50,51)/b34-30-,52-43?/t36-/m0/s1. The molecule has 2 aromatic carbocycles. The maximum Gasteiger partial charge on any atom is 0.237 e. The molecule has 0 unspecified atom stereocenters. The third kappa shape index (κ3) is 14.5. The molecular weight excluding hydrogens is 693 g/mol. The lowest BCUT2D eigenvalue weighted by Gasteiger charge is -2.33. The molecule has 14 nitrogen and oxygen atoms in total. The van der Waals surface area contributed by atoms with Crippen LogP contribution in [0.4, 0.5) is 11.8 Å². The maximum atomic E-state index is 13.0. The number of rotatable bonds is 23. The first-order chi connectivity index (χ1) is 27.0. The number of hydrogen-bond donors (Lipinski definition) is 8. The van der Waals surface area contributed by atoms with Crippen LogP contribution in [0.15, 0.2) is 71.6 Å². The van der Waals surface area contributed by atoms with Crippen LogP contribution in [0.25, 0.3) is 10.9 Å². The van der Waals surface area contributed by atoms with E-state index in [0.29, 0.717) is 50.7 Å². The van der Waals surface area contributed by atoms with Gasteiger partial charge < -0.3 is 42.5 Å². The van der Waals surface area contributed by atoms with Gasteiger partial charge in [-0.25, -0.2) is 10.5 Å². The van der Waals surface area contributed by atoms with E-state index in [4.69, 9.17) is 21.2 Å². The molecule has 2 fully saturated rings. The average molecular weight is 755 g/mol.